The SMILES string of the molecule is CCOC(=O)c1c(NC(=O)COC(=O)CN2C(=O)COc3ccccc32)sc2c1CCC2. The Morgan fingerprint density at radius 3 is 2.81 bits per heavy atom. The summed E-state index contributed by atoms with van der Waals surface area (Å²) in [5.41, 5.74) is 1.78. The maximum atomic E-state index is 12.4. The Labute approximate surface area is 188 Å². The number of hydrogen-bond donors (Lipinski definition) is 1. The molecule has 4 rings (SSSR count). The topological polar surface area (TPSA) is 111 Å². The zero-order chi connectivity index (χ0) is 22.7. The number of para-hydroxylation sites is 2. The van der Waals surface area contributed by atoms with E-state index in [1.807, 2.05) is 0 Å². The van der Waals surface area contributed by atoms with Gasteiger partial charge >= 0.3 is 11.9 Å². The van der Waals surface area contributed by atoms with Crippen molar-refractivity contribution in [1.29, 1.82) is 0 Å². The number of anilines is 2. The summed E-state index contributed by atoms with van der Waals surface area (Å²) in [7, 11) is 0. The van der Waals surface area contributed by atoms with Crippen molar-refractivity contribution in [2.45, 2.75) is 26.2 Å². The summed E-state index contributed by atoms with van der Waals surface area (Å²) < 4.78 is 15.6. The summed E-state index contributed by atoms with van der Waals surface area (Å²) in [6.45, 7) is 0.903. The van der Waals surface area contributed by atoms with Crippen molar-refractivity contribution < 1.29 is 33.4 Å². The molecular formula is C22H22N2O7S. The Kier molecular flexibility index (Phi) is 6.40. The molecule has 9 nitrogen and oxygen atoms in total. The van der Waals surface area contributed by atoms with E-state index >= 15 is 0 Å². The van der Waals surface area contributed by atoms with Gasteiger partial charge in [0, 0.05) is 4.88 Å². The quantitative estimate of drug-likeness (QED) is 0.634. The molecule has 32 heavy (non-hydrogen) atoms. The number of ether oxygens (including phenoxy) is 3. The summed E-state index contributed by atoms with van der Waals surface area (Å²) in [5, 5.41) is 3.07. The van der Waals surface area contributed by atoms with Crippen molar-refractivity contribution in [3.8, 4) is 5.75 Å². The number of benzene rings is 1. The second-order valence-corrected chi connectivity index (χ2v) is 8.33. The molecule has 0 radical (unpaired) electrons. The van der Waals surface area contributed by atoms with Gasteiger partial charge in [0.2, 0.25) is 0 Å². The number of rotatable bonds is 7. The first kappa shape index (κ1) is 21.8. The average molecular weight is 458 g/mol. The monoisotopic (exact) mass is 458 g/mol. The zero-order valence-corrected chi connectivity index (χ0v) is 18.3. The molecule has 1 aliphatic carbocycles. The van der Waals surface area contributed by atoms with Gasteiger partial charge in [0.1, 0.15) is 17.3 Å². The smallest absolute Gasteiger partial charge is 0.341 e. The molecule has 0 unspecified atom stereocenters. The van der Waals surface area contributed by atoms with Crippen LogP contribution in [0.25, 0.3) is 0 Å². The highest BCUT2D eigenvalue weighted by molar-refractivity contribution is 7.17. The van der Waals surface area contributed by atoms with E-state index < -0.39 is 24.5 Å². The van der Waals surface area contributed by atoms with Gasteiger partial charge in [0.05, 0.1) is 17.9 Å². The number of nitrogens with zero attached hydrogens (tertiary/aromatic N) is 1. The van der Waals surface area contributed by atoms with E-state index in [-0.39, 0.29) is 25.7 Å². The van der Waals surface area contributed by atoms with E-state index in [9.17, 15) is 19.2 Å². The van der Waals surface area contributed by atoms with E-state index in [2.05, 4.69) is 5.32 Å². The van der Waals surface area contributed by atoms with Gasteiger partial charge in [-0.1, -0.05) is 12.1 Å². The van der Waals surface area contributed by atoms with Crippen molar-refractivity contribution >= 4 is 45.8 Å². The molecule has 0 fully saturated rings. The van der Waals surface area contributed by atoms with Gasteiger partial charge in [0.25, 0.3) is 11.8 Å². The molecule has 1 aromatic carbocycles. The Morgan fingerprint density at radius 1 is 1.19 bits per heavy atom. The van der Waals surface area contributed by atoms with Gasteiger partial charge in [-0.05, 0) is 43.9 Å². The number of hydrogen-bond acceptors (Lipinski definition) is 8. The fourth-order valence-corrected chi connectivity index (χ4v) is 5.02. The van der Waals surface area contributed by atoms with Gasteiger partial charge in [-0.2, -0.15) is 0 Å². The lowest BCUT2D eigenvalue weighted by molar-refractivity contribution is -0.146. The summed E-state index contributed by atoms with van der Waals surface area (Å²) in [6, 6.07) is 6.86. The van der Waals surface area contributed by atoms with E-state index in [0.717, 1.165) is 29.7 Å². The normalized spacial score (nSPS) is 14.3. The fourth-order valence-electron chi connectivity index (χ4n) is 3.72. The van der Waals surface area contributed by atoms with E-state index in [0.29, 0.717) is 22.0 Å². The van der Waals surface area contributed by atoms with Crippen LogP contribution in [0.2, 0.25) is 0 Å². The molecule has 2 amide bonds. The van der Waals surface area contributed by atoms with Crippen LogP contribution in [0.15, 0.2) is 24.3 Å². The van der Waals surface area contributed by atoms with Gasteiger partial charge in [0.15, 0.2) is 13.2 Å². The van der Waals surface area contributed by atoms with E-state index in [4.69, 9.17) is 14.2 Å². The Hall–Kier alpha value is -3.40. The molecule has 0 bridgehead atoms. The second kappa shape index (κ2) is 9.39. The number of esters is 2. The van der Waals surface area contributed by atoms with Crippen LogP contribution in [-0.2, 0) is 36.7 Å². The van der Waals surface area contributed by atoms with E-state index in [1.54, 1.807) is 31.2 Å². The third kappa shape index (κ3) is 4.45. The van der Waals surface area contributed by atoms with Crippen molar-refractivity contribution in [2.75, 3.05) is 36.6 Å². The number of amides is 2. The zero-order valence-electron chi connectivity index (χ0n) is 17.5. The number of carbonyl (C=O) groups is 4. The fraction of sp³-hybridized carbons (Fsp3) is 0.364. The lowest BCUT2D eigenvalue weighted by atomic mass is 10.1. The summed E-state index contributed by atoms with van der Waals surface area (Å²) in [6.07, 6.45) is 2.58. The van der Waals surface area contributed by atoms with Gasteiger partial charge in [-0.15, -0.1) is 11.3 Å². The number of aryl methyl sites for hydroxylation is 1. The molecule has 2 aromatic rings. The van der Waals surface area contributed by atoms with Crippen LogP contribution >= 0.6 is 11.3 Å². The Morgan fingerprint density at radius 2 is 2.00 bits per heavy atom. The minimum Gasteiger partial charge on any atom is -0.482 e. The lowest BCUT2D eigenvalue weighted by Crippen LogP contribution is -2.42. The molecule has 0 spiro atoms. The predicted molar refractivity (Wildman–Crippen MR) is 116 cm³/mol. The first-order valence-corrected chi connectivity index (χ1v) is 11.1. The van der Waals surface area contributed by atoms with Crippen LogP contribution in [0.4, 0.5) is 10.7 Å². The standard InChI is InChI=1S/C22H22N2O7S/c1-2-29-22(28)20-13-6-5-9-16(13)32-21(20)23-17(25)11-31-19(27)10-24-14-7-3-4-8-15(14)30-12-18(24)26/h3-4,7-8H,2,5-6,9-12H2,1H3,(H,23,25). The minimum atomic E-state index is -0.732. The number of nitrogens with one attached hydrogen (secondary N) is 1. The maximum absolute atomic E-state index is 12.4. The summed E-state index contributed by atoms with van der Waals surface area (Å²) in [5.74, 6) is -1.65. The molecule has 2 heterocycles. The largest absolute Gasteiger partial charge is 0.482 e. The number of carbonyl (C=O) groups excluding carboxylic acids is 4. The van der Waals surface area contributed by atoms with Crippen molar-refractivity contribution in [2.24, 2.45) is 0 Å². The Balaban J connectivity index is 1.37. The van der Waals surface area contributed by atoms with Crippen LogP contribution in [0, 0.1) is 0 Å². The maximum Gasteiger partial charge on any atom is 0.341 e. The molecule has 0 saturated heterocycles. The molecule has 168 valence electrons. The molecule has 0 saturated carbocycles. The highest BCUT2D eigenvalue weighted by Crippen LogP contribution is 2.39. The summed E-state index contributed by atoms with van der Waals surface area (Å²) in [4.78, 5) is 51.6. The van der Waals surface area contributed by atoms with Gasteiger partial charge in [-0.3, -0.25) is 19.3 Å². The highest BCUT2D eigenvalue weighted by Gasteiger charge is 2.30. The van der Waals surface area contributed by atoms with Crippen molar-refractivity contribution in [1.82, 2.24) is 0 Å². The van der Waals surface area contributed by atoms with Gasteiger partial charge in [-0.25, -0.2) is 4.79 Å². The number of thiophene rings is 1. The third-order valence-corrected chi connectivity index (χ3v) is 6.32. The first-order valence-electron chi connectivity index (χ1n) is 10.3. The van der Waals surface area contributed by atoms with Crippen LogP contribution < -0.4 is 15.0 Å². The lowest BCUT2D eigenvalue weighted by Gasteiger charge is -2.28. The van der Waals surface area contributed by atoms with Crippen LogP contribution in [0.5, 0.6) is 5.75 Å². The highest BCUT2D eigenvalue weighted by atomic mass is 32.1. The molecule has 10 heteroatoms. The van der Waals surface area contributed by atoms with Crippen LogP contribution in [0.1, 0.15) is 34.1 Å². The molecule has 1 aliphatic heterocycles. The third-order valence-electron chi connectivity index (χ3n) is 5.11. The minimum absolute atomic E-state index is 0.176. The molecular weight excluding hydrogens is 436 g/mol. The van der Waals surface area contributed by atoms with Crippen molar-refractivity contribution in [3.63, 3.8) is 0 Å². The van der Waals surface area contributed by atoms with Crippen LogP contribution in [0.3, 0.4) is 0 Å². The summed E-state index contributed by atoms with van der Waals surface area (Å²) >= 11 is 1.35. The van der Waals surface area contributed by atoms with Crippen molar-refractivity contribution in [3.05, 3.63) is 40.3 Å². The molecule has 1 aromatic heterocycles. The van der Waals surface area contributed by atoms with Gasteiger partial charge < -0.3 is 19.5 Å². The molecule has 1 N–H and O–H groups in total. The Bertz CT molecular complexity index is 1080. The second-order valence-electron chi connectivity index (χ2n) is 7.23. The van der Waals surface area contributed by atoms with Crippen LogP contribution in [-0.4, -0.2) is 50.1 Å². The predicted octanol–water partition coefficient (Wildman–Crippen LogP) is 2.32. The average Bonchev–Trinajstić information content (AvgIpc) is 3.35. The molecule has 2 aliphatic rings. The molecule has 0 atom stereocenters. The van der Waals surface area contributed by atoms with E-state index in [1.165, 1.54) is 16.2 Å². The number of fused-ring (bicyclic) bond motifs is 2. The first-order chi connectivity index (χ1) is 15.5.